The molecule has 0 bridgehead atoms. The van der Waals surface area contributed by atoms with Crippen LogP contribution in [0.25, 0.3) is 0 Å². The fraction of sp³-hybridized carbons (Fsp3) is 0. The van der Waals surface area contributed by atoms with Crippen LogP contribution in [0, 0.1) is 0 Å². The summed E-state index contributed by atoms with van der Waals surface area (Å²) >= 11 is 0. The molecule has 0 aromatic heterocycles. The third-order valence-corrected chi connectivity index (χ3v) is 1.19. The van der Waals surface area contributed by atoms with Gasteiger partial charge in [0.05, 0.1) is 0 Å². The molecule has 55 valence electrons. The van der Waals surface area contributed by atoms with Crippen LogP contribution < -0.4 is 4.74 Å². The predicted molar refractivity (Wildman–Crippen MR) is 42.0 cm³/mol. The average molecular weight is 148 g/mol. The van der Waals surface area contributed by atoms with Crippen molar-refractivity contribution in [2.75, 3.05) is 0 Å². The lowest BCUT2D eigenvalue weighted by atomic mass is 10.3. The lowest BCUT2D eigenvalue weighted by Crippen LogP contribution is -1.87. The van der Waals surface area contributed by atoms with Crippen molar-refractivity contribution in [1.82, 2.24) is 0 Å². The number of para-hydroxylation sites is 2. The van der Waals surface area contributed by atoms with Crippen molar-refractivity contribution in [1.29, 1.82) is 0 Å². The molecular weight excluding hydrogens is 142 g/mol. The predicted octanol–water partition coefficient (Wildman–Crippen LogP) is 1.46. The van der Waals surface area contributed by atoms with Crippen molar-refractivity contribution in [3.63, 3.8) is 0 Å². The highest BCUT2D eigenvalue weighted by Gasteiger charge is 1.98. The molecular formula is C8H6NO2. The zero-order chi connectivity index (χ0) is 8.10. The van der Waals surface area contributed by atoms with Crippen LogP contribution in [0.3, 0.4) is 0 Å². The van der Waals surface area contributed by atoms with E-state index >= 15 is 0 Å². The van der Waals surface area contributed by atoms with Crippen LogP contribution in [0.2, 0.25) is 0 Å². The van der Waals surface area contributed by atoms with Crippen molar-refractivity contribution in [2.45, 2.75) is 0 Å². The molecule has 1 rings (SSSR count). The fourth-order valence-corrected chi connectivity index (χ4v) is 0.719. The molecule has 0 spiro atoms. The highest BCUT2D eigenvalue weighted by atomic mass is 16.5. The smallest absolute Gasteiger partial charge is 0.416 e. The Morgan fingerprint density at radius 1 is 1.45 bits per heavy atom. The maximum atomic E-state index is 9.83. The Morgan fingerprint density at radius 3 is 2.82 bits per heavy atom. The average Bonchev–Trinajstić information content (AvgIpc) is 2.06. The van der Waals surface area contributed by atoms with Crippen molar-refractivity contribution in [3.05, 3.63) is 24.3 Å². The summed E-state index contributed by atoms with van der Waals surface area (Å²) in [5.41, 5.74) is 0.538. The van der Waals surface area contributed by atoms with Crippen LogP contribution in [0.15, 0.2) is 29.3 Å². The van der Waals surface area contributed by atoms with Gasteiger partial charge >= 0.3 is 6.47 Å². The van der Waals surface area contributed by atoms with Gasteiger partial charge in [0.2, 0.25) is 0 Å². The Kier molecular flexibility index (Phi) is 2.38. The van der Waals surface area contributed by atoms with Crippen LogP contribution in [0.4, 0.5) is 5.69 Å². The topological polar surface area (TPSA) is 38.7 Å². The molecule has 1 radical (unpaired) electrons. The maximum Gasteiger partial charge on any atom is 0.423 e. The minimum absolute atomic E-state index is 0.373. The van der Waals surface area contributed by atoms with Crippen LogP contribution in [0.1, 0.15) is 0 Å². The fourth-order valence-electron chi connectivity index (χ4n) is 0.719. The monoisotopic (exact) mass is 148 g/mol. The van der Waals surface area contributed by atoms with Gasteiger partial charge < -0.3 is 4.74 Å². The normalized spacial score (nSPS) is 8.73. The van der Waals surface area contributed by atoms with Crippen LogP contribution in [-0.4, -0.2) is 13.2 Å². The third kappa shape index (κ3) is 1.64. The molecule has 0 aliphatic carbocycles. The van der Waals surface area contributed by atoms with E-state index in [-0.39, 0.29) is 0 Å². The number of nitrogens with zero attached hydrogens (tertiary/aromatic N) is 1. The first kappa shape index (κ1) is 7.47. The van der Waals surface area contributed by atoms with Crippen molar-refractivity contribution < 1.29 is 9.53 Å². The maximum absolute atomic E-state index is 9.83. The second-order valence-corrected chi connectivity index (χ2v) is 1.81. The Bertz CT molecular complexity index is 271. The summed E-state index contributed by atoms with van der Waals surface area (Å²) < 4.78 is 4.49. The Labute approximate surface area is 64.3 Å². The minimum Gasteiger partial charge on any atom is -0.416 e. The summed E-state index contributed by atoms with van der Waals surface area (Å²) in [4.78, 5) is 13.5. The lowest BCUT2D eigenvalue weighted by molar-refractivity contribution is 0.443. The number of rotatable bonds is 3. The van der Waals surface area contributed by atoms with Gasteiger partial charge in [0.1, 0.15) is 5.69 Å². The van der Waals surface area contributed by atoms with E-state index in [1.54, 1.807) is 24.3 Å². The van der Waals surface area contributed by atoms with E-state index < -0.39 is 0 Å². The standard InChI is InChI=1S/C8H6NO2/c1-9-7-4-2-3-5-8(7)11-6-10/h2-5H,1H2. The van der Waals surface area contributed by atoms with Crippen LogP contribution >= 0.6 is 0 Å². The van der Waals surface area contributed by atoms with Crippen molar-refractivity contribution in [2.24, 2.45) is 4.99 Å². The SMILES string of the molecule is C=Nc1ccccc1O[C]=O. The molecule has 1 aromatic carbocycles. The summed E-state index contributed by atoms with van der Waals surface area (Å²) in [6.45, 7) is 4.63. The first-order valence-electron chi connectivity index (χ1n) is 2.98. The summed E-state index contributed by atoms with van der Waals surface area (Å²) in [5, 5.41) is 0. The van der Waals surface area contributed by atoms with E-state index in [4.69, 9.17) is 0 Å². The summed E-state index contributed by atoms with van der Waals surface area (Å²) in [6.07, 6.45) is 0. The molecule has 0 amide bonds. The van der Waals surface area contributed by atoms with Crippen molar-refractivity contribution >= 4 is 18.9 Å². The summed E-state index contributed by atoms with van der Waals surface area (Å²) in [6, 6.07) is 6.83. The number of benzene rings is 1. The largest absolute Gasteiger partial charge is 0.423 e. The van der Waals surface area contributed by atoms with E-state index in [1.807, 2.05) is 0 Å². The second-order valence-electron chi connectivity index (χ2n) is 1.81. The number of aliphatic imine (C=N–C) groups is 1. The van der Waals surface area contributed by atoms with Gasteiger partial charge in [-0.1, -0.05) is 12.1 Å². The molecule has 3 heteroatoms. The summed E-state index contributed by atoms with van der Waals surface area (Å²) in [5.74, 6) is 0.373. The third-order valence-electron chi connectivity index (χ3n) is 1.19. The molecule has 0 N–H and O–H groups in total. The second kappa shape index (κ2) is 3.51. The molecule has 0 unspecified atom stereocenters. The quantitative estimate of drug-likeness (QED) is 0.608. The number of carbonyl (C=O) groups excluding carboxylic acids is 1. The highest BCUT2D eigenvalue weighted by molar-refractivity contribution is 5.60. The molecule has 0 fully saturated rings. The van der Waals surface area contributed by atoms with Crippen LogP contribution in [-0.2, 0) is 4.79 Å². The molecule has 1 aromatic rings. The molecule has 0 aliphatic heterocycles. The van der Waals surface area contributed by atoms with Crippen molar-refractivity contribution in [3.8, 4) is 5.75 Å². The first-order valence-corrected chi connectivity index (χ1v) is 2.98. The van der Waals surface area contributed by atoms with Gasteiger partial charge in [-0.3, -0.25) is 4.99 Å². The zero-order valence-electron chi connectivity index (χ0n) is 5.78. The summed E-state index contributed by atoms with van der Waals surface area (Å²) in [7, 11) is 0. The van der Waals surface area contributed by atoms with E-state index in [9.17, 15) is 4.79 Å². The van der Waals surface area contributed by atoms with E-state index in [1.165, 1.54) is 6.47 Å². The van der Waals surface area contributed by atoms with Crippen LogP contribution in [0.5, 0.6) is 5.75 Å². The Morgan fingerprint density at radius 2 is 2.18 bits per heavy atom. The molecule has 0 heterocycles. The van der Waals surface area contributed by atoms with Gasteiger partial charge in [-0.15, -0.1) is 0 Å². The van der Waals surface area contributed by atoms with Gasteiger partial charge in [0, 0.05) is 0 Å². The molecule has 0 saturated heterocycles. The number of hydrogen-bond acceptors (Lipinski definition) is 3. The van der Waals surface area contributed by atoms with E-state index in [0.717, 1.165) is 0 Å². The van der Waals surface area contributed by atoms with Gasteiger partial charge in [-0.25, -0.2) is 4.79 Å². The van der Waals surface area contributed by atoms with Gasteiger partial charge in [-0.2, -0.15) is 0 Å². The number of hydrogen-bond donors (Lipinski definition) is 0. The Hall–Kier alpha value is -1.64. The first-order chi connectivity index (χ1) is 5.38. The van der Waals surface area contributed by atoms with Gasteiger partial charge in [0.25, 0.3) is 0 Å². The van der Waals surface area contributed by atoms with E-state index in [0.29, 0.717) is 11.4 Å². The molecule has 0 aliphatic rings. The highest BCUT2D eigenvalue weighted by Crippen LogP contribution is 2.25. The number of ether oxygens (including phenoxy) is 1. The minimum atomic E-state index is 0.373. The zero-order valence-corrected chi connectivity index (χ0v) is 5.78. The van der Waals surface area contributed by atoms with Gasteiger partial charge in [0.15, 0.2) is 5.75 Å². The Balaban J connectivity index is 3.01. The molecule has 3 nitrogen and oxygen atoms in total. The van der Waals surface area contributed by atoms with Gasteiger partial charge in [-0.05, 0) is 18.9 Å². The molecule has 0 atom stereocenters. The lowest BCUT2D eigenvalue weighted by Gasteiger charge is -1.98. The molecule has 11 heavy (non-hydrogen) atoms. The molecule has 0 saturated carbocycles. The van der Waals surface area contributed by atoms with E-state index in [2.05, 4.69) is 16.4 Å².